The van der Waals surface area contributed by atoms with Crippen molar-refractivity contribution in [3.63, 3.8) is 0 Å². The van der Waals surface area contributed by atoms with E-state index in [0.29, 0.717) is 23.7 Å². The quantitative estimate of drug-likeness (QED) is 0.617. The fourth-order valence-electron chi connectivity index (χ4n) is 3.47. The minimum atomic E-state index is -0.222. The Balaban J connectivity index is 1.89. The molecule has 148 valence electrons. The maximum atomic E-state index is 12.8. The number of fused-ring (bicyclic) bond motifs is 3. The molecule has 8 heteroatoms. The number of aryl methyl sites for hydroxylation is 1. The van der Waals surface area contributed by atoms with Crippen molar-refractivity contribution < 1.29 is 4.74 Å². The molecule has 0 unspecified atom stereocenters. The number of halogens is 1. The van der Waals surface area contributed by atoms with Gasteiger partial charge in [-0.05, 0) is 38.1 Å². The van der Waals surface area contributed by atoms with Crippen molar-refractivity contribution in [2.45, 2.75) is 25.8 Å². The average molecular weight is 410 g/mol. The fraction of sp³-hybridized carbons (Fsp3) is 0.286. The normalized spacial score (nSPS) is 14.9. The first-order valence-corrected chi connectivity index (χ1v) is 9.58. The van der Waals surface area contributed by atoms with Gasteiger partial charge in [0, 0.05) is 36.3 Å². The van der Waals surface area contributed by atoms with Crippen LogP contribution in [0.2, 0.25) is 5.15 Å². The third-order valence-electron chi connectivity index (χ3n) is 5.09. The van der Waals surface area contributed by atoms with Gasteiger partial charge in [-0.2, -0.15) is 5.26 Å². The van der Waals surface area contributed by atoms with E-state index < -0.39 is 0 Å². The van der Waals surface area contributed by atoms with Gasteiger partial charge in [0.1, 0.15) is 16.8 Å². The topological polar surface area (TPSA) is 92.0 Å². The highest BCUT2D eigenvalue weighted by Gasteiger charge is 2.27. The van der Waals surface area contributed by atoms with E-state index >= 15 is 0 Å². The molecular weight excluding hydrogens is 390 g/mol. The van der Waals surface area contributed by atoms with Gasteiger partial charge in [-0.3, -0.25) is 4.79 Å². The fourth-order valence-corrected chi connectivity index (χ4v) is 3.67. The lowest BCUT2D eigenvalue weighted by Crippen LogP contribution is -2.31. The number of hydrogen-bond acceptors (Lipinski definition) is 6. The second-order valence-corrected chi connectivity index (χ2v) is 8.03. The van der Waals surface area contributed by atoms with E-state index in [-0.39, 0.29) is 21.8 Å². The molecule has 3 aromatic rings. The van der Waals surface area contributed by atoms with Crippen molar-refractivity contribution >= 4 is 39.6 Å². The van der Waals surface area contributed by atoms with E-state index in [4.69, 9.17) is 16.3 Å². The molecule has 2 aromatic heterocycles. The van der Waals surface area contributed by atoms with Crippen molar-refractivity contribution in [3.05, 3.63) is 51.5 Å². The summed E-state index contributed by atoms with van der Waals surface area (Å²) in [4.78, 5) is 16.8. The number of benzene rings is 1. The zero-order valence-electron chi connectivity index (χ0n) is 16.3. The molecule has 7 nitrogen and oxygen atoms in total. The lowest BCUT2D eigenvalue weighted by Gasteiger charge is -2.25. The molecule has 0 bridgehead atoms. The van der Waals surface area contributed by atoms with Crippen LogP contribution >= 0.6 is 11.6 Å². The summed E-state index contributed by atoms with van der Waals surface area (Å²) in [6, 6.07) is 9.42. The van der Waals surface area contributed by atoms with Gasteiger partial charge < -0.3 is 19.9 Å². The predicted molar refractivity (Wildman–Crippen MR) is 114 cm³/mol. The maximum absolute atomic E-state index is 12.8. The monoisotopic (exact) mass is 409 g/mol. The molecule has 0 aliphatic carbocycles. The molecule has 29 heavy (non-hydrogen) atoms. The van der Waals surface area contributed by atoms with Crippen molar-refractivity contribution in [1.29, 1.82) is 5.26 Å². The molecule has 0 fully saturated rings. The smallest absolute Gasteiger partial charge is 0.295 e. The molecule has 0 saturated heterocycles. The number of nitrogens with zero attached hydrogens (tertiary/aromatic N) is 3. The van der Waals surface area contributed by atoms with Crippen LogP contribution in [0.5, 0.6) is 5.75 Å². The van der Waals surface area contributed by atoms with Gasteiger partial charge in [0.25, 0.3) is 5.56 Å². The van der Waals surface area contributed by atoms with Crippen LogP contribution in [0.4, 0.5) is 17.1 Å². The SMILES string of the molecule is Cn1c(=O)c2c(c3cc(Nc4ccnc(Cl)c4C#N)ccc31)NC(C)(C)CCO2. The molecule has 2 N–H and O–H groups in total. The summed E-state index contributed by atoms with van der Waals surface area (Å²) in [7, 11) is 1.73. The van der Waals surface area contributed by atoms with Gasteiger partial charge in [0.05, 0.1) is 23.5 Å². The van der Waals surface area contributed by atoms with Crippen LogP contribution in [-0.4, -0.2) is 21.7 Å². The van der Waals surface area contributed by atoms with Crippen molar-refractivity contribution in [3.8, 4) is 11.8 Å². The highest BCUT2D eigenvalue weighted by Crippen LogP contribution is 2.37. The summed E-state index contributed by atoms with van der Waals surface area (Å²) in [5.74, 6) is 0.326. The van der Waals surface area contributed by atoms with E-state index in [0.717, 1.165) is 23.0 Å². The van der Waals surface area contributed by atoms with E-state index in [1.165, 1.54) is 0 Å². The number of rotatable bonds is 2. The Kier molecular flexibility index (Phi) is 4.59. The van der Waals surface area contributed by atoms with Crippen LogP contribution in [0.1, 0.15) is 25.8 Å². The number of nitriles is 1. The van der Waals surface area contributed by atoms with Crippen molar-refractivity contribution in [1.82, 2.24) is 9.55 Å². The van der Waals surface area contributed by atoms with Crippen LogP contribution in [0.25, 0.3) is 10.9 Å². The number of aromatic nitrogens is 2. The molecule has 3 heterocycles. The van der Waals surface area contributed by atoms with Crippen LogP contribution in [0, 0.1) is 11.3 Å². The molecule has 4 rings (SSSR count). The number of ether oxygens (including phenoxy) is 1. The van der Waals surface area contributed by atoms with E-state index in [1.807, 2.05) is 18.2 Å². The van der Waals surface area contributed by atoms with Crippen LogP contribution in [0.15, 0.2) is 35.3 Å². The summed E-state index contributed by atoms with van der Waals surface area (Å²) in [6.07, 6.45) is 2.31. The molecule has 1 aliphatic rings. The Morgan fingerprint density at radius 2 is 2.17 bits per heavy atom. The number of nitrogens with one attached hydrogen (secondary N) is 2. The Hall–Kier alpha value is -3.24. The molecule has 0 radical (unpaired) electrons. The minimum absolute atomic E-state index is 0.145. The Morgan fingerprint density at radius 3 is 2.93 bits per heavy atom. The molecule has 1 aromatic carbocycles. The number of pyridine rings is 2. The van der Waals surface area contributed by atoms with E-state index in [1.54, 1.807) is 23.9 Å². The second kappa shape index (κ2) is 6.98. The Bertz CT molecular complexity index is 1230. The molecule has 0 atom stereocenters. The molecular formula is C21H20ClN5O2. The van der Waals surface area contributed by atoms with Gasteiger partial charge in [-0.15, -0.1) is 0 Å². The Labute approximate surface area is 172 Å². The highest BCUT2D eigenvalue weighted by atomic mass is 35.5. The van der Waals surface area contributed by atoms with E-state index in [2.05, 4.69) is 35.5 Å². The summed E-state index contributed by atoms with van der Waals surface area (Å²) in [6.45, 7) is 4.62. The average Bonchev–Trinajstić information content (AvgIpc) is 2.84. The van der Waals surface area contributed by atoms with Gasteiger partial charge in [-0.1, -0.05) is 11.6 Å². The van der Waals surface area contributed by atoms with Gasteiger partial charge in [0.15, 0.2) is 0 Å². The summed E-state index contributed by atoms with van der Waals surface area (Å²) in [5, 5.41) is 17.1. The third kappa shape index (κ3) is 3.36. The lowest BCUT2D eigenvalue weighted by atomic mass is 10.0. The zero-order chi connectivity index (χ0) is 20.8. The first-order chi connectivity index (χ1) is 13.8. The van der Waals surface area contributed by atoms with Crippen molar-refractivity contribution in [2.24, 2.45) is 7.05 Å². The summed E-state index contributed by atoms with van der Waals surface area (Å²) >= 11 is 6.04. The standard InChI is InChI=1S/C21H20ClN5O2/c1-21(2)7-9-29-18-17(26-21)13-10-12(4-5-16(13)27(3)20(18)28)25-15-6-8-24-19(22)14(15)11-23/h4-6,8,10,26H,7,9H2,1-3H3,(H,24,25). The maximum Gasteiger partial charge on any atom is 0.295 e. The van der Waals surface area contributed by atoms with Crippen LogP contribution < -0.4 is 20.9 Å². The number of hydrogen-bond donors (Lipinski definition) is 2. The molecule has 0 saturated carbocycles. The molecule has 1 aliphatic heterocycles. The van der Waals surface area contributed by atoms with E-state index in [9.17, 15) is 10.1 Å². The van der Waals surface area contributed by atoms with Crippen molar-refractivity contribution in [2.75, 3.05) is 17.2 Å². The van der Waals surface area contributed by atoms with Crippen LogP contribution in [-0.2, 0) is 7.05 Å². The second-order valence-electron chi connectivity index (χ2n) is 7.67. The summed E-state index contributed by atoms with van der Waals surface area (Å²) in [5.41, 5.74) is 2.65. The minimum Gasteiger partial charge on any atom is -0.486 e. The zero-order valence-corrected chi connectivity index (χ0v) is 17.1. The summed E-state index contributed by atoms with van der Waals surface area (Å²) < 4.78 is 7.41. The Morgan fingerprint density at radius 1 is 1.38 bits per heavy atom. The lowest BCUT2D eigenvalue weighted by molar-refractivity contribution is 0.291. The molecule has 0 spiro atoms. The number of anilines is 3. The highest BCUT2D eigenvalue weighted by molar-refractivity contribution is 6.31. The first kappa shape index (κ1) is 19.1. The van der Waals surface area contributed by atoms with Crippen LogP contribution in [0.3, 0.4) is 0 Å². The third-order valence-corrected chi connectivity index (χ3v) is 5.37. The van der Waals surface area contributed by atoms with Gasteiger partial charge >= 0.3 is 0 Å². The largest absolute Gasteiger partial charge is 0.486 e. The first-order valence-electron chi connectivity index (χ1n) is 9.20. The van der Waals surface area contributed by atoms with Gasteiger partial charge in [0.2, 0.25) is 5.75 Å². The molecule has 0 amide bonds. The van der Waals surface area contributed by atoms with Gasteiger partial charge in [-0.25, -0.2) is 4.98 Å². The predicted octanol–water partition coefficient (Wildman–Crippen LogP) is 4.18.